The van der Waals surface area contributed by atoms with Crippen LogP contribution in [0.4, 0.5) is 9.52 Å². The summed E-state index contributed by atoms with van der Waals surface area (Å²) < 4.78 is 13.8. The Hall–Kier alpha value is -3.13. The molecule has 0 saturated heterocycles. The topological polar surface area (TPSA) is 84.0 Å². The summed E-state index contributed by atoms with van der Waals surface area (Å²) in [7, 11) is 0. The number of amides is 2. The molecule has 0 spiro atoms. The van der Waals surface area contributed by atoms with Crippen molar-refractivity contribution in [3.05, 3.63) is 76.5 Å². The summed E-state index contributed by atoms with van der Waals surface area (Å²) in [6, 6.07) is 14.6. The highest BCUT2D eigenvalue weighted by Gasteiger charge is 2.26. The molecule has 0 fully saturated rings. The van der Waals surface area contributed by atoms with Gasteiger partial charge in [-0.25, -0.2) is 4.39 Å². The summed E-state index contributed by atoms with van der Waals surface area (Å²) in [5, 5.41) is 14.5. The second kappa shape index (κ2) is 9.38. The van der Waals surface area contributed by atoms with Crippen LogP contribution in [0.1, 0.15) is 34.8 Å². The van der Waals surface area contributed by atoms with Crippen molar-refractivity contribution >= 4 is 28.3 Å². The highest BCUT2D eigenvalue weighted by molar-refractivity contribution is 7.15. The Morgan fingerprint density at radius 2 is 1.72 bits per heavy atom. The lowest BCUT2D eigenvalue weighted by Crippen LogP contribution is -2.47. The molecule has 0 aliphatic heterocycles. The average molecular weight is 412 g/mol. The molecule has 0 radical (unpaired) electrons. The molecule has 0 saturated carbocycles. The molecule has 3 rings (SSSR count). The molecule has 8 heteroatoms. The fraction of sp³-hybridized carbons (Fsp3) is 0.238. The molecule has 2 amide bonds. The highest BCUT2D eigenvalue weighted by Crippen LogP contribution is 2.19. The Labute approximate surface area is 172 Å². The van der Waals surface area contributed by atoms with Crippen molar-refractivity contribution in [1.82, 2.24) is 15.5 Å². The van der Waals surface area contributed by atoms with Crippen molar-refractivity contribution in [3.63, 3.8) is 0 Å². The zero-order valence-electron chi connectivity index (χ0n) is 16.1. The number of rotatable bonds is 7. The number of hydrogen-bond donors (Lipinski definition) is 2. The van der Waals surface area contributed by atoms with Crippen molar-refractivity contribution in [1.29, 1.82) is 0 Å². The maximum absolute atomic E-state index is 13.8. The van der Waals surface area contributed by atoms with Crippen molar-refractivity contribution < 1.29 is 14.0 Å². The second-order valence-corrected chi connectivity index (χ2v) is 7.89. The number of nitrogens with one attached hydrogen (secondary N) is 2. The Balaban J connectivity index is 1.66. The lowest BCUT2D eigenvalue weighted by Gasteiger charge is -2.21. The van der Waals surface area contributed by atoms with E-state index in [0.29, 0.717) is 11.6 Å². The minimum Gasteiger partial charge on any atom is -0.340 e. The SMILES string of the molecule is CC(C)[C@H](NC(=O)c1ccccc1F)C(=O)Nc1nnc(Cc2ccccc2)s1. The van der Waals surface area contributed by atoms with E-state index in [2.05, 4.69) is 20.8 Å². The molecule has 2 aromatic carbocycles. The predicted molar refractivity (Wildman–Crippen MR) is 110 cm³/mol. The van der Waals surface area contributed by atoms with Gasteiger partial charge in [-0.15, -0.1) is 10.2 Å². The number of halogens is 1. The van der Waals surface area contributed by atoms with Crippen LogP contribution >= 0.6 is 11.3 Å². The van der Waals surface area contributed by atoms with Crippen LogP contribution in [0.25, 0.3) is 0 Å². The van der Waals surface area contributed by atoms with E-state index in [-0.39, 0.29) is 11.5 Å². The van der Waals surface area contributed by atoms with Crippen LogP contribution < -0.4 is 10.6 Å². The van der Waals surface area contributed by atoms with Crippen LogP contribution in [0.5, 0.6) is 0 Å². The van der Waals surface area contributed by atoms with Crippen molar-refractivity contribution in [3.8, 4) is 0 Å². The molecule has 0 bridgehead atoms. The third kappa shape index (κ3) is 5.45. The molecule has 6 nitrogen and oxygen atoms in total. The van der Waals surface area contributed by atoms with Crippen LogP contribution in [-0.2, 0) is 11.2 Å². The van der Waals surface area contributed by atoms with Gasteiger partial charge in [-0.05, 0) is 23.6 Å². The highest BCUT2D eigenvalue weighted by atomic mass is 32.1. The quantitative estimate of drug-likeness (QED) is 0.620. The molecule has 2 N–H and O–H groups in total. The van der Waals surface area contributed by atoms with Gasteiger partial charge in [0.25, 0.3) is 5.91 Å². The molecule has 3 aromatic rings. The molecular formula is C21H21FN4O2S. The van der Waals surface area contributed by atoms with Crippen LogP contribution in [0.2, 0.25) is 0 Å². The fourth-order valence-electron chi connectivity index (χ4n) is 2.73. The van der Waals surface area contributed by atoms with Gasteiger partial charge in [0.05, 0.1) is 5.56 Å². The molecule has 0 unspecified atom stereocenters. The summed E-state index contributed by atoms with van der Waals surface area (Å²) in [6.45, 7) is 3.60. The summed E-state index contributed by atoms with van der Waals surface area (Å²) >= 11 is 1.28. The lowest BCUT2D eigenvalue weighted by atomic mass is 10.0. The van der Waals surface area contributed by atoms with Gasteiger partial charge in [0.2, 0.25) is 11.0 Å². The predicted octanol–water partition coefficient (Wildman–Crippen LogP) is 3.66. The van der Waals surface area contributed by atoms with Crippen molar-refractivity contribution in [2.75, 3.05) is 5.32 Å². The Bertz CT molecular complexity index is 991. The summed E-state index contributed by atoms with van der Waals surface area (Å²) in [5.41, 5.74) is 0.991. The first-order valence-electron chi connectivity index (χ1n) is 9.16. The van der Waals surface area contributed by atoms with Gasteiger partial charge in [-0.3, -0.25) is 14.9 Å². The van der Waals surface area contributed by atoms with E-state index in [1.807, 2.05) is 30.3 Å². The van der Waals surface area contributed by atoms with Crippen molar-refractivity contribution in [2.45, 2.75) is 26.3 Å². The number of anilines is 1. The summed E-state index contributed by atoms with van der Waals surface area (Å²) in [6.07, 6.45) is 0.617. The first kappa shape index (κ1) is 20.6. The molecular weight excluding hydrogens is 391 g/mol. The van der Waals surface area contributed by atoms with E-state index in [1.165, 1.54) is 29.5 Å². The Kier molecular flexibility index (Phi) is 6.66. The average Bonchev–Trinajstić information content (AvgIpc) is 3.13. The molecule has 1 heterocycles. The smallest absolute Gasteiger partial charge is 0.254 e. The molecule has 29 heavy (non-hydrogen) atoms. The van der Waals surface area contributed by atoms with Crippen LogP contribution in [0.3, 0.4) is 0 Å². The van der Waals surface area contributed by atoms with E-state index < -0.39 is 23.7 Å². The van der Waals surface area contributed by atoms with Gasteiger partial charge in [-0.1, -0.05) is 67.6 Å². The standard InChI is InChI=1S/C21H21FN4O2S/c1-13(2)18(23-19(27)15-10-6-7-11-16(15)22)20(28)24-21-26-25-17(29-21)12-14-8-4-3-5-9-14/h3-11,13,18H,12H2,1-2H3,(H,23,27)(H,24,26,28)/t18-/m0/s1. The van der Waals surface area contributed by atoms with Crippen LogP contribution in [0.15, 0.2) is 54.6 Å². The minimum absolute atomic E-state index is 0.105. The number of carbonyl (C=O) groups excluding carboxylic acids is 2. The first-order chi connectivity index (χ1) is 13.9. The Morgan fingerprint density at radius 3 is 2.41 bits per heavy atom. The number of aromatic nitrogens is 2. The van der Waals surface area contributed by atoms with Gasteiger partial charge in [0.1, 0.15) is 16.9 Å². The number of benzene rings is 2. The largest absolute Gasteiger partial charge is 0.340 e. The first-order valence-corrected chi connectivity index (χ1v) is 9.98. The number of carbonyl (C=O) groups is 2. The van der Waals surface area contributed by atoms with E-state index in [9.17, 15) is 14.0 Å². The summed E-state index contributed by atoms with van der Waals surface area (Å²) in [4.78, 5) is 25.1. The van der Waals surface area contributed by atoms with E-state index >= 15 is 0 Å². The molecule has 1 atom stereocenters. The zero-order chi connectivity index (χ0) is 20.8. The second-order valence-electron chi connectivity index (χ2n) is 6.83. The van der Waals surface area contributed by atoms with Gasteiger partial charge >= 0.3 is 0 Å². The van der Waals surface area contributed by atoms with Gasteiger partial charge in [0.15, 0.2) is 0 Å². The third-order valence-electron chi connectivity index (χ3n) is 4.25. The zero-order valence-corrected chi connectivity index (χ0v) is 16.9. The van der Waals surface area contributed by atoms with Gasteiger partial charge in [0, 0.05) is 6.42 Å². The van der Waals surface area contributed by atoms with Gasteiger partial charge < -0.3 is 5.32 Å². The van der Waals surface area contributed by atoms with Crippen LogP contribution in [-0.4, -0.2) is 28.1 Å². The monoisotopic (exact) mass is 412 g/mol. The fourth-order valence-corrected chi connectivity index (χ4v) is 3.51. The summed E-state index contributed by atoms with van der Waals surface area (Å²) in [5.74, 6) is -1.91. The molecule has 0 aliphatic rings. The van der Waals surface area contributed by atoms with Crippen molar-refractivity contribution in [2.24, 2.45) is 5.92 Å². The molecule has 1 aromatic heterocycles. The maximum atomic E-state index is 13.8. The number of hydrogen-bond acceptors (Lipinski definition) is 5. The van der Waals surface area contributed by atoms with E-state index in [0.717, 1.165) is 10.6 Å². The lowest BCUT2D eigenvalue weighted by molar-refractivity contribution is -0.118. The van der Waals surface area contributed by atoms with Gasteiger partial charge in [-0.2, -0.15) is 0 Å². The third-order valence-corrected chi connectivity index (χ3v) is 5.09. The maximum Gasteiger partial charge on any atom is 0.254 e. The van der Waals surface area contributed by atoms with E-state index in [1.54, 1.807) is 19.9 Å². The Morgan fingerprint density at radius 1 is 1.03 bits per heavy atom. The van der Waals surface area contributed by atoms with Crippen LogP contribution in [0, 0.1) is 11.7 Å². The number of nitrogens with zero attached hydrogens (tertiary/aromatic N) is 2. The normalized spacial score (nSPS) is 11.9. The molecule has 150 valence electrons. The minimum atomic E-state index is -0.844. The molecule has 0 aliphatic carbocycles. The van der Waals surface area contributed by atoms with E-state index in [4.69, 9.17) is 0 Å².